The fraction of sp³-hybridized carbons (Fsp3) is 0.357. The fourth-order valence-electron chi connectivity index (χ4n) is 2.29. The van der Waals surface area contributed by atoms with Gasteiger partial charge < -0.3 is 4.74 Å². The lowest BCUT2D eigenvalue weighted by molar-refractivity contribution is -0.137. The van der Waals surface area contributed by atoms with Crippen molar-refractivity contribution in [2.24, 2.45) is 0 Å². The summed E-state index contributed by atoms with van der Waals surface area (Å²) >= 11 is 0. The van der Waals surface area contributed by atoms with E-state index in [1.54, 1.807) is 6.07 Å². The van der Waals surface area contributed by atoms with Crippen LogP contribution in [-0.4, -0.2) is 13.1 Å². The highest BCUT2D eigenvalue weighted by Crippen LogP contribution is 2.37. The molecule has 0 fully saturated rings. The molecule has 0 radical (unpaired) electrons. The molecule has 102 valence electrons. The molecule has 0 saturated heterocycles. The minimum Gasteiger partial charge on any atom is -0.466 e. The number of carbonyl (C=O) groups is 1. The second kappa shape index (κ2) is 5.07. The van der Waals surface area contributed by atoms with Crippen LogP contribution >= 0.6 is 0 Å². The molecule has 0 saturated carbocycles. The molecule has 5 heteroatoms. The Morgan fingerprint density at radius 3 is 2.63 bits per heavy atom. The van der Waals surface area contributed by atoms with Gasteiger partial charge in [-0.2, -0.15) is 13.2 Å². The molecule has 0 amide bonds. The van der Waals surface area contributed by atoms with Gasteiger partial charge >= 0.3 is 12.1 Å². The number of methoxy groups -OCH3 is 1. The topological polar surface area (TPSA) is 26.3 Å². The predicted octanol–water partition coefficient (Wildman–Crippen LogP) is 3.82. The first-order chi connectivity index (χ1) is 8.93. The quantitative estimate of drug-likeness (QED) is 0.764. The summed E-state index contributed by atoms with van der Waals surface area (Å²) in [6.07, 6.45) is -2.46. The highest BCUT2D eigenvalue weighted by atomic mass is 19.4. The van der Waals surface area contributed by atoms with E-state index in [-0.39, 0.29) is 0 Å². The fourth-order valence-corrected chi connectivity index (χ4v) is 2.29. The van der Waals surface area contributed by atoms with Crippen molar-refractivity contribution in [1.82, 2.24) is 0 Å². The van der Waals surface area contributed by atoms with Crippen LogP contribution in [0.2, 0.25) is 0 Å². The van der Waals surface area contributed by atoms with Crippen molar-refractivity contribution in [3.8, 4) is 0 Å². The number of hydrogen-bond acceptors (Lipinski definition) is 2. The molecule has 1 aliphatic rings. The molecule has 19 heavy (non-hydrogen) atoms. The molecule has 1 aromatic rings. The Balaban J connectivity index is 2.44. The SMILES string of the molecule is COC(=O)C1=C(c2cccc(C(F)(F)F)c2)CCC1. The van der Waals surface area contributed by atoms with Gasteiger partial charge in [-0.15, -0.1) is 0 Å². The Bertz CT molecular complexity index is 530. The average Bonchev–Trinajstić information content (AvgIpc) is 2.86. The number of esters is 1. The second-order valence-electron chi connectivity index (χ2n) is 4.38. The Labute approximate surface area is 108 Å². The van der Waals surface area contributed by atoms with Gasteiger partial charge in [0.2, 0.25) is 0 Å². The van der Waals surface area contributed by atoms with Gasteiger partial charge in [-0.25, -0.2) is 4.79 Å². The number of ether oxygens (including phenoxy) is 1. The number of allylic oxidation sites excluding steroid dienone is 1. The summed E-state index contributed by atoms with van der Waals surface area (Å²) in [5.74, 6) is -0.454. The van der Waals surface area contributed by atoms with Crippen LogP contribution in [0, 0.1) is 0 Å². The van der Waals surface area contributed by atoms with Gasteiger partial charge in [-0.05, 0) is 42.5 Å². The maximum absolute atomic E-state index is 12.7. The van der Waals surface area contributed by atoms with E-state index in [1.807, 2.05) is 0 Å². The van der Waals surface area contributed by atoms with Crippen LogP contribution in [0.3, 0.4) is 0 Å². The van der Waals surface area contributed by atoms with Crippen molar-refractivity contribution in [2.45, 2.75) is 25.4 Å². The number of benzene rings is 1. The van der Waals surface area contributed by atoms with Crippen molar-refractivity contribution in [2.75, 3.05) is 7.11 Å². The number of carbonyl (C=O) groups excluding carboxylic acids is 1. The summed E-state index contributed by atoms with van der Waals surface area (Å²) in [7, 11) is 1.28. The monoisotopic (exact) mass is 270 g/mol. The lowest BCUT2D eigenvalue weighted by Gasteiger charge is -2.10. The summed E-state index contributed by atoms with van der Waals surface area (Å²) < 4.78 is 42.7. The number of alkyl halides is 3. The molecule has 0 aromatic heterocycles. The van der Waals surface area contributed by atoms with Crippen molar-refractivity contribution >= 4 is 11.5 Å². The van der Waals surface area contributed by atoms with Crippen LogP contribution < -0.4 is 0 Å². The third kappa shape index (κ3) is 2.80. The van der Waals surface area contributed by atoms with Crippen LogP contribution in [0.4, 0.5) is 13.2 Å². The summed E-state index contributed by atoms with van der Waals surface area (Å²) in [5.41, 5.74) is 0.904. The molecular formula is C14H13F3O2. The zero-order chi connectivity index (χ0) is 14.0. The van der Waals surface area contributed by atoms with Gasteiger partial charge in [0, 0.05) is 5.57 Å². The molecule has 0 bridgehead atoms. The highest BCUT2D eigenvalue weighted by molar-refractivity contribution is 5.98. The number of halogens is 3. The molecular weight excluding hydrogens is 257 g/mol. The first-order valence-electron chi connectivity index (χ1n) is 5.91. The number of rotatable bonds is 2. The number of hydrogen-bond donors (Lipinski definition) is 0. The maximum atomic E-state index is 12.7. The zero-order valence-corrected chi connectivity index (χ0v) is 10.4. The van der Waals surface area contributed by atoms with Crippen LogP contribution in [-0.2, 0) is 15.7 Å². The lowest BCUT2D eigenvalue weighted by atomic mass is 10.00. The van der Waals surface area contributed by atoms with E-state index >= 15 is 0 Å². The maximum Gasteiger partial charge on any atom is 0.416 e. The largest absolute Gasteiger partial charge is 0.466 e. The van der Waals surface area contributed by atoms with Crippen LogP contribution in [0.5, 0.6) is 0 Å². The van der Waals surface area contributed by atoms with Crippen LogP contribution in [0.15, 0.2) is 29.8 Å². The molecule has 0 aliphatic heterocycles. The van der Waals surface area contributed by atoms with Crippen molar-refractivity contribution in [1.29, 1.82) is 0 Å². The predicted molar refractivity (Wildman–Crippen MR) is 64.2 cm³/mol. The molecule has 2 nitrogen and oxygen atoms in total. The van der Waals surface area contributed by atoms with E-state index in [1.165, 1.54) is 13.2 Å². The Morgan fingerprint density at radius 2 is 2.00 bits per heavy atom. The smallest absolute Gasteiger partial charge is 0.416 e. The van der Waals surface area contributed by atoms with Gasteiger partial charge in [0.15, 0.2) is 0 Å². The van der Waals surface area contributed by atoms with Gasteiger partial charge in [0.25, 0.3) is 0 Å². The highest BCUT2D eigenvalue weighted by Gasteiger charge is 2.31. The van der Waals surface area contributed by atoms with Gasteiger partial charge in [-0.1, -0.05) is 12.1 Å². The summed E-state index contributed by atoms with van der Waals surface area (Å²) in [4.78, 5) is 11.6. The average molecular weight is 270 g/mol. The molecule has 0 spiro atoms. The van der Waals surface area contributed by atoms with Crippen LogP contribution in [0.1, 0.15) is 30.4 Å². The molecule has 0 unspecified atom stereocenters. The molecule has 0 atom stereocenters. The van der Waals surface area contributed by atoms with E-state index in [4.69, 9.17) is 0 Å². The third-order valence-electron chi connectivity index (χ3n) is 3.19. The Hall–Kier alpha value is -1.78. The summed E-state index contributed by atoms with van der Waals surface area (Å²) in [6, 6.07) is 5.07. The zero-order valence-electron chi connectivity index (χ0n) is 10.4. The normalized spacial score (nSPS) is 15.8. The summed E-state index contributed by atoms with van der Waals surface area (Å²) in [5, 5.41) is 0. The first-order valence-corrected chi connectivity index (χ1v) is 5.91. The van der Waals surface area contributed by atoms with E-state index in [0.29, 0.717) is 29.6 Å². The Kier molecular flexibility index (Phi) is 3.64. The van der Waals surface area contributed by atoms with E-state index < -0.39 is 17.7 Å². The molecule has 1 aromatic carbocycles. The van der Waals surface area contributed by atoms with Gasteiger partial charge in [0.1, 0.15) is 0 Å². The molecule has 2 rings (SSSR count). The van der Waals surface area contributed by atoms with Crippen molar-refractivity contribution < 1.29 is 22.7 Å². The van der Waals surface area contributed by atoms with Gasteiger partial charge in [0.05, 0.1) is 12.7 Å². The summed E-state index contributed by atoms with van der Waals surface area (Å²) in [6.45, 7) is 0. The molecule has 0 N–H and O–H groups in total. The van der Waals surface area contributed by atoms with Crippen molar-refractivity contribution in [3.63, 3.8) is 0 Å². The standard InChI is InChI=1S/C14H13F3O2/c1-19-13(18)12-7-3-6-11(12)9-4-2-5-10(8-9)14(15,16)17/h2,4-5,8H,3,6-7H2,1H3. The minimum atomic E-state index is -4.37. The second-order valence-corrected chi connectivity index (χ2v) is 4.38. The first kappa shape index (κ1) is 13.6. The molecule has 1 aliphatic carbocycles. The van der Waals surface area contributed by atoms with E-state index in [0.717, 1.165) is 18.6 Å². The van der Waals surface area contributed by atoms with Gasteiger partial charge in [-0.3, -0.25) is 0 Å². The van der Waals surface area contributed by atoms with Crippen LogP contribution in [0.25, 0.3) is 5.57 Å². The van der Waals surface area contributed by atoms with E-state index in [9.17, 15) is 18.0 Å². The third-order valence-corrected chi connectivity index (χ3v) is 3.19. The lowest BCUT2D eigenvalue weighted by Crippen LogP contribution is -2.06. The van der Waals surface area contributed by atoms with E-state index in [2.05, 4.69) is 4.74 Å². The minimum absolute atomic E-state index is 0.452. The Morgan fingerprint density at radius 1 is 1.26 bits per heavy atom. The van der Waals surface area contributed by atoms with Crippen molar-refractivity contribution in [3.05, 3.63) is 41.0 Å². The molecule has 0 heterocycles.